The lowest BCUT2D eigenvalue weighted by Gasteiger charge is -2.26. The third-order valence-corrected chi connectivity index (χ3v) is 5.10. The minimum Gasteiger partial charge on any atom is -0.481 e. The van der Waals surface area contributed by atoms with Gasteiger partial charge in [0.2, 0.25) is 5.91 Å². The molecule has 0 aromatic heterocycles. The molecule has 1 aliphatic rings. The molecule has 1 fully saturated rings. The number of carbonyl (C=O) groups excluding carboxylic acids is 2. The molecule has 0 spiro atoms. The van der Waals surface area contributed by atoms with Crippen LogP contribution < -0.4 is 4.74 Å². The molecule has 0 bridgehead atoms. The minimum atomic E-state index is -0.560. The average molecular weight is 396 g/mol. The Labute approximate surface area is 167 Å². The smallest absolute Gasteiger partial charge is 0.263 e. The molecule has 2 amide bonds. The standard InChI is InChI=1S/C20H30ClN3O3/c1-4-23(5-2)19(25)15-22-11-6-12-24(14-13-22)20(26)16(3)27-18-9-7-17(21)8-10-18/h7-10,16H,4-6,11-15H2,1-3H3. The first-order valence-corrected chi connectivity index (χ1v) is 10.0. The number of ether oxygens (including phenoxy) is 1. The summed E-state index contributed by atoms with van der Waals surface area (Å²) in [5.74, 6) is 0.752. The molecule has 0 aliphatic carbocycles. The third-order valence-electron chi connectivity index (χ3n) is 4.85. The van der Waals surface area contributed by atoms with Crippen molar-refractivity contribution in [2.24, 2.45) is 0 Å². The fraction of sp³-hybridized carbons (Fsp3) is 0.600. The van der Waals surface area contributed by atoms with E-state index in [0.29, 0.717) is 37.0 Å². The maximum absolute atomic E-state index is 12.7. The Bertz CT molecular complexity index is 619. The summed E-state index contributed by atoms with van der Waals surface area (Å²) < 4.78 is 5.75. The molecule has 1 heterocycles. The van der Waals surface area contributed by atoms with Crippen molar-refractivity contribution < 1.29 is 14.3 Å². The number of amides is 2. The van der Waals surface area contributed by atoms with Crippen molar-refractivity contribution in [3.05, 3.63) is 29.3 Å². The second kappa shape index (κ2) is 10.5. The molecule has 2 rings (SSSR count). The van der Waals surface area contributed by atoms with Crippen molar-refractivity contribution in [1.82, 2.24) is 14.7 Å². The Morgan fingerprint density at radius 1 is 1.11 bits per heavy atom. The lowest BCUT2D eigenvalue weighted by Crippen LogP contribution is -2.44. The van der Waals surface area contributed by atoms with E-state index in [1.54, 1.807) is 31.2 Å². The third kappa shape index (κ3) is 6.40. The zero-order valence-electron chi connectivity index (χ0n) is 16.5. The number of rotatable bonds is 7. The molecule has 7 heteroatoms. The fourth-order valence-electron chi connectivity index (χ4n) is 3.24. The van der Waals surface area contributed by atoms with Crippen LogP contribution in [0.3, 0.4) is 0 Å². The summed E-state index contributed by atoms with van der Waals surface area (Å²) in [5.41, 5.74) is 0. The Morgan fingerprint density at radius 3 is 2.41 bits per heavy atom. The van der Waals surface area contributed by atoms with Gasteiger partial charge in [-0.25, -0.2) is 0 Å². The predicted molar refractivity (Wildman–Crippen MR) is 107 cm³/mol. The van der Waals surface area contributed by atoms with E-state index in [-0.39, 0.29) is 11.8 Å². The molecule has 1 saturated heterocycles. The molecule has 1 aromatic carbocycles. The van der Waals surface area contributed by atoms with Crippen LogP contribution in [0.15, 0.2) is 24.3 Å². The quantitative estimate of drug-likeness (QED) is 0.711. The van der Waals surface area contributed by atoms with Crippen molar-refractivity contribution in [2.75, 3.05) is 45.8 Å². The van der Waals surface area contributed by atoms with Crippen LogP contribution in [0.1, 0.15) is 27.2 Å². The Kier molecular flexibility index (Phi) is 8.38. The maximum atomic E-state index is 12.7. The predicted octanol–water partition coefficient (Wildman–Crippen LogP) is 2.51. The highest BCUT2D eigenvalue weighted by molar-refractivity contribution is 6.30. The number of halogens is 1. The second-order valence-electron chi connectivity index (χ2n) is 6.74. The van der Waals surface area contributed by atoms with Crippen molar-refractivity contribution in [2.45, 2.75) is 33.3 Å². The Balaban J connectivity index is 1.86. The molecule has 1 unspecified atom stereocenters. The lowest BCUT2D eigenvalue weighted by molar-refractivity contribution is -0.137. The first kappa shape index (κ1) is 21.5. The number of likely N-dealkylation sites (N-methyl/N-ethyl adjacent to an activating group) is 1. The highest BCUT2D eigenvalue weighted by Crippen LogP contribution is 2.17. The summed E-state index contributed by atoms with van der Waals surface area (Å²) in [7, 11) is 0. The van der Waals surface area contributed by atoms with Crippen LogP contribution >= 0.6 is 11.6 Å². The van der Waals surface area contributed by atoms with Crippen molar-refractivity contribution in [1.29, 1.82) is 0 Å². The molecule has 1 aromatic rings. The van der Waals surface area contributed by atoms with Gasteiger partial charge in [0.25, 0.3) is 5.91 Å². The topological polar surface area (TPSA) is 53.1 Å². The van der Waals surface area contributed by atoms with Crippen LogP contribution in [0.25, 0.3) is 0 Å². The van der Waals surface area contributed by atoms with Gasteiger partial charge in [-0.05, 0) is 51.5 Å². The minimum absolute atomic E-state index is 0.0260. The number of nitrogens with zero attached hydrogens (tertiary/aromatic N) is 3. The lowest BCUT2D eigenvalue weighted by atomic mass is 10.3. The number of benzene rings is 1. The Morgan fingerprint density at radius 2 is 1.78 bits per heavy atom. The SMILES string of the molecule is CCN(CC)C(=O)CN1CCCN(C(=O)C(C)Oc2ccc(Cl)cc2)CC1. The molecule has 27 heavy (non-hydrogen) atoms. The molecule has 1 aliphatic heterocycles. The fourth-order valence-corrected chi connectivity index (χ4v) is 3.37. The van der Waals surface area contributed by atoms with E-state index in [1.165, 1.54) is 0 Å². The van der Waals surface area contributed by atoms with E-state index in [1.807, 2.05) is 23.6 Å². The van der Waals surface area contributed by atoms with E-state index in [0.717, 1.165) is 26.1 Å². The average Bonchev–Trinajstić information content (AvgIpc) is 2.89. The zero-order valence-corrected chi connectivity index (χ0v) is 17.2. The summed E-state index contributed by atoms with van der Waals surface area (Å²) in [6.07, 6.45) is 0.292. The molecule has 0 saturated carbocycles. The van der Waals surface area contributed by atoms with Gasteiger partial charge in [-0.15, -0.1) is 0 Å². The van der Waals surface area contributed by atoms with Gasteiger partial charge in [0, 0.05) is 44.3 Å². The molecule has 6 nitrogen and oxygen atoms in total. The van der Waals surface area contributed by atoms with E-state index in [2.05, 4.69) is 4.90 Å². The van der Waals surface area contributed by atoms with Gasteiger partial charge in [0.1, 0.15) is 5.75 Å². The highest BCUT2D eigenvalue weighted by atomic mass is 35.5. The van der Waals surface area contributed by atoms with E-state index in [4.69, 9.17) is 16.3 Å². The summed E-state index contributed by atoms with van der Waals surface area (Å²) in [6, 6.07) is 7.00. The Hall–Kier alpha value is -1.79. The summed E-state index contributed by atoms with van der Waals surface area (Å²) in [5, 5.41) is 0.633. The van der Waals surface area contributed by atoms with Crippen LogP contribution in [-0.4, -0.2) is 78.4 Å². The van der Waals surface area contributed by atoms with Crippen LogP contribution in [0, 0.1) is 0 Å². The van der Waals surface area contributed by atoms with E-state index in [9.17, 15) is 9.59 Å². The zero-order chi connectivity index (χ0) is 19.8. The van der Waals surface area contributed by atoms with Crippen LogP contribution in [0.5, 0.6) is 5.75 Å². The number of hydrogen-bond acceptors (Lipinski definition) is 4. The van der Waals surface area contributed by atoms with Gasteiger partial charge in [-0.1, -0.05) is 11.6 Å². The van der Waals surface area contributed by atoms with E-state index >= 15 is 0 Å². The summed E-state index contributed by atoms with van der Waals surface area (Å²) in [4.78, 5) is 30.9. The van der Waals surface area contributed by atoms with Gasteiger partial charge in [-0.3, -0.25) is 14.5 Å². The number of hydrogen-bond donors (Lipinski definition) is 0. The van der Waals surface area contributed by atoms with Gasteiger partial charge < -0.3 is 14.5 Å². The van der Waals surface area contributed by atoms with Crippen LogP contribution in [-0.2, 0) is 9.59 Å². The largest absolute Gasteiger partial charge is 0.481 e. The highest BCUT2D eigenvalue weighted by Gasteiger charge is 2.25. The van der Waals surface area contributed by atoms with E-state index < -0.39 is 6.10 Å². The molecule has 1 atom stereocenters. The van der Waals surface area contributed by atoms with Gasteiger partial charge in [0.05, 0.1) is 6.54 Å². The van der Waals surface area contributed by atoms with Crippen molar-refractivity contribution >= 4 is 23.4 Å². The van der Waals surface area contributed by atoms with Crippen molar-refractivity contribution in [3.8, 4) is 5.75 Å². The summed E-state index contributed by atoms with van der Waals surface area (Å²) in [6.45, 7) is 10.4. The first-order valence-electron chi connectivity index (χ1n) is 9.65. The molecular weight excluding hydrogens is 366 g/mol. The normalized spacial score (nSPS) is 16.5. The molecule has 0 N–H and O–H groups in total. The monoisotopic (exact) mass is 395 g/mol. The first-order chi connectivity index (χ1) is 12.9. The number of carbonyl (C=O) groups is 2. The molecular formula is C20H30ClN3O3. The van der Waals surface area contributed by atoms with Crippen LogP contribution in [0.2, 0.25) is 5.02 Å². The van der Waals surface area contributed by atoms with Gasteiger partial charge in [0.15, 0.2) is 6.10 Å². The summed E-state index contributed by atoms with van der Waals surface area (Å²) >= 11 is 5.88. The molecule has 150 valence electrons. The second-order valence-corrected chi connectivity index (χ2v) is 7.17. The van der Waals surface area contributed by atoms with Gasteiger partial charge >= 0.3 is 0 Å². The van der Waals surface area contributed by atoms with Crippen molar-refractivity contribution in [3.63, 3.8) is 0 Å². The van der Waals surface area contributed by atoms with Gasteiger partial charge in [-0.2, -0.15) is 0 Å². The molecule has 0 radical (unpaired) electrons. The van der Waals surface area contributed by atoms with Crippen LogP contribution in [0.4, 0.5) is 0 Å². The maximum Gasteiger partial charge on any atom is 0.263 e.